The van der Waals surface area contributed by atoms with E-state index in [0.29, 0.717) is 12.1 Å². The smallest absolute Gasteiger partial charge is 0.245 e. The average molecular weight is 369 g/mol. The van der Waals surface area contributed by atoms with Gasteiger partial charge in [0.25, 0.3) is 0 Å². The van der Waals surface area contributed by atoms with Gasteiger partial charge in [0.1, 0.15) is 11.1 Å². The number of anilines is 1. The number of rotatable bonds is 3. The van der Waals surface area contributed by atoms with E-state index in [1.165, 1.54) is 22.6 Å². The fourth-order valence-electron chi connectivity index (χ4n) is 4.51. The molecule has 6 nitrogen and oxygen atoms in total. The Kier molecular flexibility index (Phi) is 4.33. The Hall–Kier alpha value is -2.17. The van der Waals surface area contributed by atoms with Gasteiger partial charge in [-0.25, -0.2) is 0 Å². The van der Waals surface area contributed by atoms with Crippen LogP contribution in [0.3, 0.4) is 0 Å². The van der Waals surface area contributed by atoms with Gasteiger partial charge in [-0.15, -0.1) is 11.3 Å². The van der Waals surface area contributed by atoms with Crippen LogP contribution in [0.4, 0.5) is 5.00 Å². The van der Waals surface area contributed by atoms with Crippen LogP contribution in [0.15, 0.2) is 11.4 Å². The van der Waals surface area contributed by atoms with Gasteiger partial charge < -0.3 is 4.90 Å². The van der Waals surface area contributed by atoms with Crippen LogP contribution in [0.1, 0.15) is 47.8 Å². The van der Waals surface area contributed by atoms with Crippen molar-refractivity contribution in [1.82, 2.24) is 14.7 Å². The number of carbonyl (C=O) groups is 1. The van der Waals surface area contributed by atoms with E-state index in [9.17, 15) is 10.1 Å². The normalized spacial score (nSPS) is 23.8. The molecule has 4 rings (SSSR count). The maximum atomic E-state index is 13.2. The molecule has 136 valence electrons. The van der Waals surface area contributed by atoms with Crippen molar-refractivity contribution in [3.05, 3.63) is 34.0 Å². The van der Waals surface area contributed by atoms with Gasteiger partial charge in [-0.1, -0.05) is 0 Å². The molecular formula is C19H23N5OS. The van der Waals surface area contributed by atoms with E-state index in [1.54, 1.807) is 6.07 Å². The molecule has 0 aromatic carbocycles. The standard InChI is InChI=1S/C19H23N5OS/c1-12-17(13(2)22(3)21-12)15-5-4-8-23(15)16-6-9-24(18(16)25)19-14(11-20)7-10-26-19/h7,10,15-16H,4-6,8-9H2,1-3H3. The largest absolute Gasteiger partial charge is 0.301 e. The van der Waals surface area contributed by atoms with E-state index >= 15 is 0 Å². The molecule has 2 atom stereocenters. The highest BCUT2D eigenvalue weighted by molar-refractivity contribution is 7.14. The van der Waals surface area contributed by atoms with Crippen molar-refractivity contribution in [3.63, 3.8) is 0 Å². The molecule has 26 heavy (non-hydrogen) atoms. The van der Waals surface area contributed by atoms with Crippen LogP contribution >= 0.6 is 11.3 Å². The minimum atomic E-state index is -0.102. The van der Waals surface area contributed by atoms with Crippen LogP contribution in [-0.2, 0) is 11.8 Å². The highest BCUT2D eigenvalue weighted by Crippen LogP contribution is 2.40. The summed E-state index contributed by atoms with van der Waals surface area (Å²) >= 11 is 1.48. The lowest BCUT2D eigenvalue weighted by molar-refractivity contribution is -0.122. The number of hydrogen-bond acceptors (Lipinski definition) is 5. The minimum Gasteiger partial charge on any atom is -0.301 e. The molecule has 2 fully saturated rings. The highest BCUT2D eigenvalue weighted by Gasteiger charge is 2.43. The molecule has 0 aliphatic carbocycles. The average Bonchev–Trinajstić information content (AvgIpc) is 3.36. The first-order chi connectivity index (χ1) is 12.5. The van der Waals surface area contributed by atoms with Gasteiger partial charge in [0.2, 0.25) is 5.91 Å². The lowest BCUT2D eigenvalue weighted by Crippen LogP contribution is -2.41. The van der Waals surface area contributed by atoms with Gasteiger partial charge in [0.15, 0.2) is 0 Å². The van der Waals surface area contributed by atoms with Crippen molar-refractivity contribution in [2.75, 3.05) is 18.0 Å². The third kappa shape index (κ3) is 2.56. The lowest BCUT2D eigenvalue weighted by atomic mass is 10.0. The second kappa shape index (κ2) is 6.53. The van der Waals surface area contributed by atoms with E-state index < -0.39 is 0 Å². The van der Waals surface area contributed by atoms with Crippen LogP contribution in [0, 0.1) is 25.2 Å². The molecule has 2 aliphatic rings. The molecule has 2 unspecified atom stereocenters. The first kappa shape index (κ1) is 17.3. The Morgan fingerprint density at radius 2 is 2.08 bits per heavy atom. The summed E-state index contributed by atoms with van der Waals surface area (Å²) in [7, 11) is 1.98. The Bertz CT molecular complexity index is 892. The summed E-state index contributed by atoms with van der Waals surface area (Å²) in [6, 6.07) is 4.15. The van der Waals surface area contributed by atoms with Crippen molar-refractivity contribution >= 4 is 22.2 Å². The Balaban J connectivity index is 1.61. The second-order valence-electron chi connectivity index (χ2n) is 7.15. The summed E-state index contributed by atoms with van der Waals surface area (Å²) in [5.41, 5.74) is 4.13. The van der Waals surface area contributed by atoms with Gasteiger partial charge in [0.05, 0.1) is 17.3 Å². The molecule has 2 saturated heterocycles. The Morgan fingerprint density at radius 3 is 2.77 bits per heavy atom. The molecule has 0 spiro atoms. The molecular weight excluding hydrogens is 346 g/mol. The predicted octanol–water partition coefficient (Wildman–Crippen LogP) is 2.91. The fraction of sp³-hybridized carbons (Fsp3) is 0.526. The minimum absolute atomic E-state index is 0.102. The van der Waals surface area contributed by atoms with Crippen LogP contribution in [-0.4, -0.2) is 39.7 Å². The van der Waals surface area contributed by atoms with Crippen molar-refractivity contribution in [1.29, 1.82) is 5.26 Å². The summed E-state index contributed by atoms with van der Waals surface area (Å²) in [6.45, 7) is 5.80. The van der Waals surface area contributed by atoms with Crippen molar-refractivity contribution in [2.45, 2.75) is 45.2 Å². The number of aromatic nitrogens is 2. The van der Waals surface area contributed by atoms with Crippen LogP contribution in [0.5, 0.6) is 0 Å². The number of thiophene rings is 1. The van der Waals surface area contributed by atoms with Gasteiger partial charge in [-0.05, 0) is 51.1 Å². The molecule has 4 heterocycles. The number of nitrogens with zero attached hydrogens (tertiary/aromatic N) is 5. The molecule has 0 radical (unpaired) electrons. The number of hydrogen-bond donors (Lipinski definition) is 0. The Labute approximate surface area is 157 Å². The lowest BCUT2D eigenvalue weighted by Gasteiger charge is -2.30. The summed E-state index contributed by atoms with van der Waals surface area (Å²) in [4.78, 5) is 17.4. The molecule has 2 aliphatic heterocycles. The van der Waals surface area contributed by atoms with E-state index in [0.717, 1.165) is 36.5 Å². The molecule has 0 N–H and O–H groups in total. The van der Waals surface area contributed by atoms with E-state index in [-0.39, 0.29) is 18.0 Å². The van der Waals surface area contributed by atoms with Gasteiger partial charge >= 0.3 is 0 Å². The van der Waals surface area contributed by atoms with Gasteiger partial charge in [-0.2, -0.15) is 10.4 Å². The van der Waals surface area contributed by atoms with Crippen LogP contribution < -0.4 is 4.90 Å². The van der Waals surface area contributed by atoms with Crippen molar-refractivity contribution < 1.29 is 4.79 Å². The zero-order valence-corrected chi connectivity index (χ0v) is 16.2. The van der Waals surface area contributed by atoms with Crippen LogP contribution in [0.2, 0.25) is 0 Å². The first-order valence-corrected chi connectivity index (χ1v) is 9.95. The van der Waals surface area contributed by atoms with Gasteiger partial charge in [0, 0.05) is 30.9 Å². The number of aryl methyl sites for hydroxylation is 2. The topological polar surface area (TPSA) is 65.2 Å². The van der Waals surface area contributed by atoms with E-state index in [4.69, 9.17) is 0 Å². The second-order valence-corrected chi connectivity index (χ2v) is 8.04. The number of nitriles is 1. The summed E-state index contributed by atoms with van der Waals surface area (Å²) in [5, 5.41) is 16.5. The number of likely N-dealkylation sites (tertiary alicyclic amines) is 1. The maximum Gasteiger partial charge on any atom is 0.245 e. The SMILES string of the molecule is Cc1nn(C)c(C)c1C1CCCN1C1CCN(c2sccc2C#N)C1=O. The summed E-state index contributed by atoms with van der Waals surface area (Å²) in [6.07, 6.45) is 2.99. The fourth-order valence-corrected chi connectivity index (χ4v) is 5.40. The van der Waals surface area contributed by atoms with Crippen molar-refractivity contribution in [2.24, 2.45) is 7.05 Å². The summed E-state index contributed by atoms with van der Waals surface area (Å²) in [5.74, 6) is 0.134. The Morgan fingerprint density at radius 1 is 1.27 bits per heavy atom. The highest BCUT2D eigenvalue weighted by atomic mass is 32.1. The molecule has 2 aromatic heterocycles. The third-order valence-corrected chi connectivity index (χ3v) is 6.72. The third-order valence-electron chi connectivity index (χ3n) is 5.78. The molecule has 1 amide bonds. The molecule has 2 aromatic rings. The number of carbonyl (C=O) groups excluding carboxylic acids is 1. The van der Waals surface area contributed by atoms with Crippen LogP contribution in [0.25, 0.3) is 0 Å². The zero-order chi connectivity index (χ0) is 18.4. The first-order valence-electron chi connectivity index (χ1n) is 9.07. The predicted molar refractivity (Wildman–Crippen MR) is 101 cm³/mol. The van der Waals surface area contributed by atoms with E-state index in [2.05, 4.69) is 29.9 Å². The van der Waals surface area contributed by atoms with Crippen molar-refractivity contribution in [3.8, 4) is 6.07 Å². The molecule has 0 bridgehead atoms. The number of amides is 1. The quantitative estimate of drug-likeness (QED) is 0.834. The zero-order valence-electron chi connectivity index (χ0n) is 15.4. The molecule has 0 saturated carbocycles. The monoisotopic (exact) mass is 369 g/mol. The molecule has 7 heteroatoms. The maximum absolute atomic E-state index is 13.2. The van der Waals surface area contributed by atoms with E-state index in [1.807, 2.05) is 22.0 Å². The summed E-state index contributed by atoms with van der Waals surface area (Å²) < 4.78 is 1.94. The van der Waals surface area contributed by atoms with Gasteiger partial charge in [-0.3, -0.25) is 14.4 Å².